The largest absolute Gasteiger partial charge is 0.361 e. The van der Waals surface area contributed by atoms with Gasteiger partial charge in [-0.1, -0.05) is 28.5 Å². The number of nitrogens with zero attached hydrogens (tertiary/aromatic N) is 6. The number of aromatic nitrogens is 5. The summed E-state index contributed by atoms with van der Waals surface area (Å²) in [7, 11) is 0. The minimum atomic E-state index is -0.137. The van der Waals surface area contributed by atoms with Crippen molar-refractivity contribution >= 4 is 11.9 Å². The minimum absolute atomic E-state index is 0.137. The number of aryl methyl sites for hydroxylation is 2. The van der Waals surface area contributed by atoms with Crippen LogP contribution < -0.4 is 10.2 Å². The SMILES string of the molecule is Cc1noc(C)c1C(=O)NCC1CCCN(c2nnnn2-c2ccccc2)C1. The second-order valence-electron chi connectivity index (χ2n) is 7.09. The molecule has 1 aliphatic heterocycles. The molecule has 1 aromatic carbocycles. The van der Waals surface area contributed by atoms with Crippen LogP contribution in [0.25, 0.3) is 5.69 Å². The van der Waals surface area contributed by atoms with Gasteiger partial charge < -0.3 is 14.7 Å². The maximum Gasteiger partial charge on any atom is 0.256 e. The number of hydrogen-bond donors (Lipinski definition) is 1. The van der Waals surface area contributed by atoms with Gasteiger partial charge in [-0.25, -0.2) is 0 Å². The number of nitrogens with one attached hydrogen (secondary N) is 1. The van der Waals surface area contributed by atoms with Crippen LogP contribution in [-0.4, -0.2) is 50.9 Å². The standard InChI is InChI=1S/C19H23N7O2/c1-13-17(14(2)28-22-13)18(27)20-11-15-7-6-10-25(12-15)19-21-23-24-26(19)16-8-4-3-5-9-16/h3-5,8-9,15H,6-7,10-12H2,1-2H3,(H,20,27). The van der Waals surface area contributed by atoms with Crippen molar-refractivity contribution in [3.05, 3.63) is 47.3 Å². The molecular formula is C19H23N7O2. The van der Waals surface area contributed by atoms with Crippen LogP contribution in [0.3, 0.4) is 0 Å². The molecule has 4 rings (SSSR count). The molecule has 3 aromatic rings. The third-order valence-electron chi connectivity index (χ3n) is 5.07. The van der Waals surface area contributed by atoms with E-state index in [4.69, 9.17) is 4.52 Å². The van der Waals surface area contributed by atoms with Crippen LogP contribution >= 0.6 is 0 Å². The summed E-state index contributed by atoms with van der Waals surface area (Å²) in [5.41, 5.74) is 2.07. The molecule has 2 aromatic heterocycles. The first-order chi connectivity index (χ1) is 13.6. The summed E-state index contributed by atoms with van der Waals surface area (Å²) in [4.78, 5) is 14.7. The molecule has 0 aliphatic carbocycles. The van der Waals surface area contributed by atoms with Gasteiger partial charge in [0.25, 0.3) is 5.91 Å². The first kappa shape index (κ1) is 18.1. The number of piperidine rings is 1. The molecule has 1 atom stereocenters. The number of anilines is 1. The number of tetrazole rings is 1. The van der Waals surface area contributed by atoms with Crippen molar-refractivity contribution in [1.29, 1.82) is 0 Å². The molecule has 0 spiro atoms. The molecule has 0 bridgehead atoms. The highest BCUT2D eigenvalue weighted by Crippen LogP contribution is 2.23. The van der Waals surface area contributed by atoms with Crippen LogP contribution in [0.15, 0.2) is 34.9 Å². The van der Waals surface area contributed by atoms with Gasteiger partial charge in [0.1, 0.15) is 11.3 Å². The Morgan fingerprint density at radius 2 is 2.11 bits per heavy atom. The lowest BCUT2D eigenvalue weighted by molar-refractivity contribution is 0.0943. The predicted molar refractivity (Wildman–Crippen MR) is 102 cm³/mol. The molecule has 1 amide bonds. The highest BCUT2D eigenvalue weighted by Gasteiger charge is 2.26. The van der Waals surface area contributed by atoms with Crippen LogP contribution in [0.5, 0.6) is 0 Å². The second-order valence-corrected chi connectivity index (χ2v) is 7.09. The van der Waals surface area contributed by atoms with Crippen LogP contribution in [0, 0.1) is 19.8 Å². The Hall–Kier alpha value is -3.23. The summed E-state index contributed by atoms with van der Waals surface area (Å²) in [5.74, 6) is 1.46. The predicted octanol–water partition coefficient (Wildman–Crippen LogP) is 1.91. The van der Waals surface area contributed by atoms with Crippen molar-refractivity contribution in [2.24, 2.45) is 5.92 Å². The number of benzene rings is 1. The Labute approximate surface area is 162 Å². The van der Waals surface area contributed by atoms with Gasteiger partial charge in [-0.15, -0.1) is 0 Å². The number of para-hydroxylation sites is 1. The highest BCUT2D eigenvalue weighted by atomic mass is 16.5. The Morgan fingerprint density at radius 1 is 1.29 bits per heavy atom. The third-order valence-corrected chi connectivity index (χ3v) is 5.07. The van der Waals surface area contributed by atoms with E-state index < -0.39 is 0 Å². The molecular weight excluding hydrogens is 358 g/mol. The summed E-state index contributed by atoms with van der Waals surface area (Å²) < 4.78 is 6.84. The summed E-state index contributed by atoms with van der Waals surface area (Å²) in [5, 5.41) is 19.1. The maximum atomic E-state index is 12.5. The van der Waals surface area contributed by atoms with Gasteiger partial charge >= 0.3 is 0 Å². The average Bonchev–Trinajstić information content (AvgIpc) is 3.34. The van der Waals surface area contributed by atoms with Gasteiger partial charge in [0.05, 0.1) is 11.4 Å². The zero-order valence-electron chi connectivity index (χ0n) is 16.0. The van der Waals surface area contributed by atoms with Crippen molar-refractivity contribution in [1.82, 2.24) is 30.7 Å². The lowest BCUT2D eigenvalue weighted by Crippen LogP contribution is -2.42. The molecule has 0 saturated carbocycles. The Balaban J connectivity index is 1.42. The fourth-order valence-electron chi connectivity index (χ4n) is 3.66. The van der Waals surface area contributed by atoms with Crippen molar-refractivity contribution in [3.8, 4) is 5.69 Å². The van der Waals surface area contributed by atoms with Gasteiger partial charge in [0.15, 0.2) is 0 Å². The normalized spacial score (nSPS) is 16.9. The second kappa shape index (κ2) is 7.79. The molecule has 146 valence electrons. The number of amides is 1. The molecule has 1 aliphatic rings. The zero-order chi connectivity index (χ0) is 19.5. The van der Waals surface area contributed by atoms with Crippen molar-refractivity contribution in [2.45, 2.75) is 26.7 Å². The van der Waals surface area contributed by atoms with Crippen LogP contribution in [-0.2, 0) is 0 Å². The van der Waals surface area contributed by atoms with E-state index in [1.54, 1.807) is 18.5 Å². The molecule has 3 heterocycles. The topological polar surface area (TPSA) is 102 Å². The first-order valence-corrected chi connectivity index (χ1v) is 9.43. The average molecular weight is 381 g/mol. The number of rotatable bonds is 5. The summed E-state index contributed by atoms with van der Waals surface area (Å²) in [6.07, 6.45) is 2.07. The van der Waals surface area contributed by atoms with Crippen LogP contribution in [0.1, 0.15) is 34.7 Å². The van der Waals surface area contributed by atoms with Crippen molar-refractivity contribution < 1.29 is 9.32 Å². The first-order valence-electron chi connectivity index (χ1n) is 9.43. The van der Waals surface area contributed by atoms with Gasteiger partial charge in [-0.05, 0) is 55.2 Å². The van der Waals surface area contributed by atoms with E-state index in [1.807, 2.05) is 30.3 Å². The number of carbonyl (C=O) groups excluding carboxylic acids is 1. The molecule has 1 fully saturated rings. The van der Waals surface area contributed by atoms with Gasteiger partial charge in [-0.3, -0.25) is 4.79 Å². The molecule has 9 nitrogen and oxygen atoms in total. The fourth-order valence-corrected chi connectivity index (χ4v) is 3.66. The van der Waals surface area contributed by atoms with Gasteiger partial charge in [-0.2, -0.15) is 4.68 Å². The number of carbonyl (C=O) groups is 1. The Kier molecular flexibility index (Phi) is 5.05. The fraction of sp³-hybridized carbons (Fsp3) is 0.421. The van der Waals surface area contributed by atoms with Crippen LogP contribution in [0.4, 0.5) is 5.95 Å². The lowest BCUT2D eigenvalue weighted by atomic mass is 9.98. The van der Waals surface area contributed by atoms with Crippen LogP contribution in [0.2, 0.25) is 0 Å². The van der Waals surface area contributed by atoms with E-state index in [0.717, 1.165) is 37.6 Å². The molecule has 1 saturated heterocycles. The lowest BCUT2D eigenvalue weighted by Gasteiger charge is -2.33. The van der Waals surface area contributed by atoms with Gasteiger partial charge in [0.2, 0.25) is 5.95 Å². The molecule has 28 heavy (non-hydrogen) atoms. The van der Waals surface area contributed by atoms with E-state index in [2.05, 4.69) is 30.9 Å². The molecule has 1 unspecified atom stereocenters. The Bertz CT molecular complexity index is 931. The summed E-state index contributed by atoms with van der Waals surface area (Å²) in [6.45, 7) is 5.79. The van der Waals surface area contributed by atoms with E-state index in [1.165, 1.54) is 0 Å². The van der Waals surface area contributed by atoms with E-state index in [0.29, 0.717) is 29.5 Å². The summed E-state index contributed by atoms with van der Waals surface area (Å²) in [6, 6.07) is 9.84. The van der Waals surface area contributed by atoms with Crippen molar-refractivity contribution in [2.75, 3.05) is 24.5 Å². The van der Waals surface area contributed by atoms with Crippen molar-refractivity contribution in [3.63, 3.8) is 0 Å². The Morgan fingerprint density at radius 3 is 2.86 bits per heavy atom. The highest BCUT2D eigenvalue weighted by molar-refractivity contribution is 5.96. The quantitative estimate of drug-likeness (QED) is 0.720. The van der Waals surface area contributed by atoms with E-state index >= 15 is 0 Å². The molecule has 0 radical (unpaired) electrons. The molecule has 1 N–H and O–H groups in total. The smallest absolute Gasteiger partial charge is 0.256 e. The minimum Gasteiger partial charge on any atom is -0.361 e. The third kappa shape index (κ3) is 3.60. The monoisotopic (exact) mass is 381 g/mol. The van der Waals surface area contributed by atoms with E-state index in [-0.39, 0.29) is 5.91 Å². The zero-order valence-corrected chi connectivity index (χ0v) is 16.0. The summed E-state index contributed by atoms with van der Waals surface area (Å²) >= 11 is 0. The number of hydrogen-bond acceptors (Lipinski definition) is 7. The molecule has 9 heteroatoms. The maximum absolute atomic E-state index is 12.5. The van der Waals surface area contributed by atoms with E-state index in [9.17, 15) is 4.79 Å². The van der Waals surface area contributed by atoms with Gasteiger partial charge in [0, 0.05) is 19.6 Å².